The van der Waals surface area contributed by atoms with Crippen LogP contribution in [0.25, 0.3) is 10.4 Å². The summed E-state index contributed by atoms with van der Waals surface area (Å²) >= 11 is 1.66. The minimum Gasteiger partial charge on any atom is -0.447 e. The van der Waals surface area contributed by atoms with Gasteiger partial charge >= 0.3 is 12.2 Å². The number of carbonyl (C=O) groups excluding carboxylic acids is 2. The number of hydrogen-bond donors (Lipinski definition) is 2. The first-order valence-electron chi connectivity index (χ1n) is 13.6. The Morgan fingerprint density at radius 2 is 1.76 bits per heavy atom. The molecule has 2 fully saturated rings. The number of aromatic nitrogens is 1. The van der Waals surface area contributed by atoms with Crippen LogP contribution < -0.4 is 15.9 Å². The number of ether oxygens (including phenoxy) is 2. The summed E-state index contributed by atoms with van der Waals surface area (Å²) in [5.41, 5.74) is 0.934. The maximum absolute atomic E-state index is 14.0. The first-order chi connectivity index (χ1) is 17.9. The average molecular weight is 562 g/mol. The lowest BCUT2D eigenvalue weighted by Crippen LogP contribution is -2.38. The molecule has 2 amide bonds. The molecule has 208 valence electrons. The van der Waals surface area contributed by atoms with Crippen LogP contribution >= 0.6 is 18.5 Å². The molecule has 1 saturated carbocycles. The molecule has 8 nitrogen and oxygen atoms in total. The maximum Gasteiger partial charge on any atom is 0.412 e. The molecule has 2 aromatic rings. The van der Waals surface area contributed by atoms with Crippen LogP contribution in [-0.2, 0) is 14.0 Å². The van der Waals surface area contributed by atoms with Gasteiger partial charge in [0.2, 0.25) is 0 Å². The highest BCUT2D eigenvalue weighted by Gasteiger charge is 2.33. The van der Waals surface area contributed by atoms with E-state index in [-0.39, 0.29) is 18.2 Å². The van der Waals surface area contributed by atoms with Crippen LogP contribution in [0.1, 0.15) is 84.1 Å². The van der Waals surface area contributed by atoms with E-state index in [0.29, 0.717) is 23.9 Å². The molecule has 2 heterocycles. The Hall–Kier alpha value is -2.38. The number of benzene rings is 1. The standard InChI is InChI=1S/C28H40N3O5PS/c1-18(2)35-26(32)30-20-10-8-19(9-11-20)25-29-17-24(38-25)22-13-12-21(31-27(33)36-28(3,4)5)16-23(22)37(34)14-6-7-15-37/h12-13,16-20H,6-11,14-15H2,1-5H3,(H,30,32)(H,31,33). The zero-order valence-electron chi connectivity index (χ0n) is 23.0. The summed E-state index contributed by atoms with van der Waals surface area (Å²) in [6.45, 7) is 9.15. The van der Waals surface area contributed by atoms with Crippen LogP contribution in [-0.4, -0.2) is 47.2 Å². The Bertz CT molecular complexity index is 1190. The molecule has 2 aliphatic rings. The van der Waals surface area contributed by atoms with E-state index < -0.39 is 18.8 Å². The number of amides is 2. The second kappa shape index (κ2) is 11.8. The molecule has 0 radical (unpaired) electrons. The van der Waals surface area contributed by atoms with Crippen molar-refractivity contribution >= 4 is 41.7 Å². The van der Waals surface area contributed by atoms with Crippen molar-refractivity contribution in [1.82, 2.24) is 10.3 Å². The largest absolute Gasteiger partial charge is 0.447 e. The summed E-state index contributed by atoms with van der Waals surface area (Å²) in [5, 5.41) is 7.70. The fourth-order valence-electron chi connectivity index (χ4n) is 5.16. The number of carbonyl (C=O) groups is 2. The number of hydrogen-bond acceptors (Lipinski definition) is 7. The lowest BCUT2D eigenvalue weighted by atomic mass is 9.86. The molecule has 1 aliphatic heterocycles. The molecular weight excluding hydrogens is 521 g/mol. The summed E-state index contributed by atoms with van der Waals surface area (Å²) in [5.74, 6) is 0.340. The SMILES string of the molecule is CC(C)OC(=O)NC1CCC(c2ncc(-c3ccc(NC(=O)OC(C)(C)C)cc3P3(=O)CCCC3)s2)CC1. The summed E-state index contributed by atoms with van der Waals surface area (Å²) in [4.78, 5) is 30.1. The van der Waals surface area contributed by atoms with Gasteiger partial charge in [-0.25, -0.2) is 14.6 Å². The number of rotatable bonds is 6. The van der Waals surface area contributed by atoms with Crippen molar-refractivity contribution in [3.05, 3.63) is 29.4 Å². The zero-order valence-corrected chi connectivity index (χ0v) is 24.8. The van der Waals surface area contributed by atoms with Crippen molar-refractivity contribution in [2.75, 3.05) is 17.6 Å². The van der Waals surface area contributed by atoms with Crippen molar-refractivity contribution in [2.45, 2.75) is 96.8 Å². The second-order valence-electron chi connectivity index (χ2n) is 11.6. The third kappa shape index (κ3) is 7.38. The summed E-state index contributed by atoms with van der Waals surface area (Å²) in [6.07, 6.45) is 7.85. The fraction of sp³-hybridized carbons (Fsp3) is 0.607. The van der Waals surface area contributed by atoms with Crippen molar-refractivity contribution in [3.8, 4) is 10.4 Å². The van der Waals surface area contributed by atoms with Crippen LogP contribution in [0.3, 0.4) is 0 Å². The van der Waals surface area contributed by atoms with Crippen LogP contribution in [0.4, 0.5) is 15.3 Å². The highest BCUT2D eigenvalue weighted by molar-refractivity contribution is 7.72. The average Bonchev–Trinajstić information content (AvgIpc) is 3.48. The highest BCUT2D eigenvalue weighted by atomic mass is 32.1. The van der Waals surface area contributed by atoms with E-state index in [1.807, 2.05) is 59.0 Å². The third-order valence-corrected chi connectivity index (χ3v) is 11.4. The summed E-state index contributed by atoms with van der Waals surface area (Å²) in [6, 6.07) is 5.80. The Balaban J connectivity index is 1.49. The van der Waals surface area contributed by atoms with Gasteiger partial charge in [0.05, 0.1) is 16.0 Å². The molecule has 1 saturated heterocycles. The van der Waals surface area contributed by atoms with E-state index in [0.717, 1.165) is 59.3 Å². The second-order valence-corrected chi connectivity index (χ2v) is 15.8. The van der Waals surface area contributed by atoms with Gasteiger partial charge in [-0.3, -0.25) is 5.32 Å². The summed E-state index contributed by atoms with van der Waals surface area (Å²) < 4.78 is 24.6. The smallest absolute Gasteiger partial charge is 0.412 e. The molecular formula is C28H40N3O5PS. The van der Waals surface area contributed by atoms with Crippen LogP contribution in [0.15, 0.2) is 24.4 Å². The van der Waals surface area contributed by atoms with E-state index in [1.165, 1.54) is 0 Å². The van der Waals surface area contributed by atoms with E-state index in [2.05, 4.69) is 10.6 Å². The molecule has 38 heavy (non-hydrogen) atoms. The maximum atomic E-state index is 14.0. The number of alkyl carbamates (subject to hydrolysis) is 1. The van der Waals surface area contributed by atoms with E-state index in [4.69, 9.17) is 14.5 Å². The third-order valence-electron chi connectivity index (χ3n) is 6.90. The molecule has 0 unspecified atom stereocenters. The fourth-order valence-corrected chi connectivity index (χ4v) is 9.55. The van der Waals surface area contributed by atoms with Gasteiger partial charge in [-0.15, -0.1) is 11.3 Å². The van der Waals surface area contributed by atoms with E-state index in [1.54, 1.807) is 11.3 Å². The molecule has 10 heteroatoms. The van der Waals surface area contributed by atoms with E-state index >= 15 is 0 Å². The highest BCUT2D eigenvalue weighted by Crippen LogP contribution is 2.53. The van der Waals surface area contributed by atoms with E-state index in [9.17, 15) is 14.2 Å². The molecule has 1 aromatic heterocycles. The lowest BCUT2D eigenvalue weighted by molar-refractivity contribution is 0.0635. The molecule has 0 atom stereocenters. The minimum atomic E-state index is -2.56. The van der Waals surface area contributed by atoms with Crippen molar-refractivity contribution in [3.63, 3.8) is 0 Å². The minimum absolute atomic E-state index is 0.126. The quantitative estimate of drug-likeness (QED) is 0.364. The molecule has 4 rings (SSSR count). The van der Waals surface area contributed by atoms with Gasteiger partial charge in [-0.05, 0) is 85.3 Å². The van der Waals surface area contributed by atoms with Gasteiger partial charge in [0.15, 0.2) is 0 Å². The predicted molar refractivity (Wildman–Crippen MR) is 153 cm³/mol. The number of nitrogens with zero attached hydrogens (tertiary/aromatic N) is 1. The normalized spacial score (nSPS) is 21.2. The van der Waals surface area contributed by atoms with Crippen LogP contribution in [0.2, 0.25) is 0 Å². The summed E-state index contributed by atoms with van der Waals surface area (Å²) in [7, 11) is -2.56. The van der Waals surface area contributed by atoms with Crippen molar-refractivity contribution < 1.29 is 23.6 Å². The molecule has 1 aliphatic carbocycles. The monoisotopic (exact) mass is 561 g/mol. The Kier molecular flexibility index (Phi) is 8.88. The predicted octanol–water partition coefficient (Wildman–Crippen LogP) is 7.10. The molecule has 2 N–H and O–H groups in total. The lowest BCUT2D eigenvalue weighted by Gasteiger charge is -2.28. The number of thiazole rings is 1. The molecule has 0 spiro atoms. The van der Waals surface area contributed by atoms with Gasteiger partial charge in [0, 0.05) is 47.0 Å². The first-order valence-corrected chi connectivity index (χ1v) is 16.5. The van der Waals surface area contributed by atoms with Crippen LogP contribution in [0, 0.1) is 0 Å². The van der Waals surface area contributed by atoms with Crippen molar-refractivity contribution in [1.29, 1.82) is 0 Å². The number of nitrogens with one attached hydrogen (secondary N) is 2. The Morgan fingerprint density at radius 3 is 2.39 bits per heavy atom. The van der Waals surface area contributed by atoms with Crippen LogP contribution in [0.5, 0.6) is 0 Å². The Labute approximate surface area is 229 Å². The molecule has 1 aromatic carbocycles. The topological polar surface area (TPSA) is 107 Å². The first kappa shape index (κ1) is 28.6. The van der Waals surface area contributed by atoms with Crippen molar-refractivity contribution in [2.24, 2.45) is 0 Å². The number of anilines is 1. The zero-order chi connectivity index (χ0) is 27.5. The van der Waals surface area contributed by atoms with Gasteiger partial charge in [0.1, 0.15) is 12.7 Å². The van der Waals surface area contributed by atoms with Gasteiger partial charge < -0.3 is 19.4 Å². The van der Waals surface area contributed by atoms with Gasteiger partial charge in [-0.2, -0.15) is 0 Å². The van der Waals surface area contributed by atoms with Gasteiger partial charge in [-0.1, -0.05) is 6.07 Å². The Morgan fingerprint density at radius 1 is 1.08 bits per heavy atom. The van der Waals surface area contributed by atoms with Gasteiger partial charge in [0.25, 0.3) is 0 Å². The molecule has 0 bridgehead atoms.